The SMILES string of the molecule is CC[C@H]1CCCCN1C(=O)CSc1nnc2c(Cl)cc(Cl)cn12. The van der Waals surface area contributed by atoms with Crippen LogP contribution in [0, 0.1) is 0 Å². The van der Waals surface area contributed by atoms with Gasteiger partial charge in [-0.2, -0.15) is 0 Å². The van der Waals surface area contributed by atoms with E-state index in [1.165, 1.54) is 18.2 Å². The molecule has 0 aromatic carbocycles. The molecule has 8 heteroatoms. The van der Waals surface area contributed by atoms with Gasteiger partial charge in [-0.05, 0) is 31.7 Å². The average molecular weight is 373 g/mol. The number of fused-ring (bicyclic) bond motifs is 1. The smallest absolute Gasteiger partial charge is 0.233 e. The molecule has 0 aliphatic carbocycles. The summed E-state index contributed by atoms with van der Waals surface area (Å²) >= 11 is 13.5. The van der Waals surface area contributed by atoms with Crippen LogP contribution < -0.4 is 0 Å². The molecule has 0 bridgehead atoms. The Balaban J connectivity index is 1.72. The van der Waals surface area contributed by atoms with Gasteiger partial charge in [-0.1, -0.05) is 41.9 Å². The highest BCUT2D eigenvalue weighted by molar-refractivity contribution is 7.99. The van der Waals surface area contributed by atoms with Crippen molar-refractivity contribution in [2.24, 2.45) is 0 Å². The van der Waals surface area contributed by atoms with Crippen LogP contribution >= 0.6 is 35.0 Å². The fraction of sp³-hybridized carbons (Fsp3) is 0.533. The molecule has 1 amide bonds. The third-order valence-corrected chi connectivity index (χ3v) is 5.55. The minimum absolute atomic E-state index is 0.159. The number of carbonyl (C=O) groups excluding carboxylic acids is 1. The standard InChI is InChI=1S/C15H18Cl2N4OS/c1-2-11-5-3-4-6-20(11)13(22)9-23-15-19-18-14-12(17)7-10(16)8-21(14)15/h7-8,11H,2-6,9H2,1H3/t11-/m0/s1. The molecule has 0 N–H and O–H groups in total. The van der Waals surface area contributed by atoms with Crippen molar-refractivity contribution < 1.29 is 4.79 Å². The van der Waals surface area contributed by atoms with Crippen molar-refractivity contribution in [1.82, 2.24) is 19.5 Å². The lowest BCUT2D eigenvalue weighted by atomic mass is 10.0. The van der Waals surface area contributed by atoms with Crippen LogP contribution in [0.3, 0.4) is 0 Å². The zero-order valence-electron chi connectivity index (χ0n) is 12.8. The predicted molar refractivity (Wildman–Crippen MR) is 93.4 cm³/mol. The Morgan fingerprint density at radius 1 is 1.39 bits per heavy atom. The Kier molecular flexibility index (Phi) is 5.34. The van der Waals surface area contributed by atoms with Gasteiger partial charge in [0.15, 0.2) is 10.8 Å². The molecule has 1 fully saturated rings. The first-order chi connectivity index (χ1) is 11.1. The summed E-state index contributed by atoms with van der Waals surface area (Å²) in [5.74, 6) is 0.507. The fourth-order valence-electron chi connectivity index (χ4n) is 2.96. The third-order valence-electron chi connectivity index (χ3n) is 4.14. The van der Waals surface area contributed by atoms with Crippen molar-refractivity contribution in [3.63, 3.8) is 0 Å². The van der Waals surface area contributed by atoms with Gasteiger partial charge in [0.2, 0.25) is 5.91 Å². The number of aromatic nitrogens is 3. The van der Waals surface area contributed by atoms with E-state index >= 15 is 0 Å². The zero-order valence-corrected chi connectivity index (χ0v) is 15.2. The molecule has 1 aliphatic rings. The molecule has 0 radical (unpaired) electrons. The van der Waals surface area contributed by atoms with Gasteiger partial charge < -0.3 is 4.90 Å². The first-order valence-electron chi connectivity index (χ1n) is 7.72. The van der Waals surface area contributed by atoms with E-state index in [1.54, 1.807) is 16.7 Å². The Morgan fingerprint density at radius 2 is 2.22 bits per heavy atom. The minimum atomic E-state index is 0.159. The molecule has 5 nitrogen and oxygen atoms in total. The molecule has 2 aromatic rings. The van der Waals surface area contributed by atoms with E-state index in [0.717, 1.165) is 25.8 Å². The van der Waals surface area contributed by atoms with Gasteiger partial charge in [0.1, 0.15) is 0 Å². The van der Waals surface area contributed by atoms with Crippen LogP contribution in [0.4, 0.5) is 0 Å². The van der Waals surface area contributed by atoms with Crippen molar-refractivity contribution in [3.8, 4) is 0 Å². The highest BCUT2D eigenvalue weighted by Gasteiger charge is 2.25. The summed E-state index contributed by atoms with van der Waals surface area (Å²) in [6.45, 7) is 3.00. The average Bonchev–Trinajstić information content (AvgIpc) is 2.95. The van der Waals surface area contributed by atoms with Crippen LogP contribution in [0.5, 0.6) is 0 Å². The lowest BCUT2D eigenvalue weighted by Crippen LogP contribution is -2.44. The number of pyridine rings is 1. The Bertz CT molecular complexity index is 721. The summed E-state index contributed by atoms with van der Waals surface area (Å²) in [7, 11) is 0. The number of rotatable bonds is 4. The molecule has 23 heavy (non-hydrogen) atoms. The second-order valence-electron chi connectivity index (χ2n) is 5.62. The lowest BCUT2D eigenvalue weighted by Gasteiger charge is -2.35. The van der Waals surface area contributed by atoms with E-state index in [2.05, 4.69) is 17.1 Å². The predicted octanol–water partition coefficient (Wildman–Crippen LogP) is 3.92. The van der Waals surface area contributed by atoms with Gasteiger partial charge in [0.05, 0.1) is 15.8 Å². The second kappa shape index (κ2) is 7.28. The van der Waals surface area contributed by atoms with Crippen LogP contribution in [-0.2, 0) is 4.79 Å². The monoisotopic (exact) mass is 372 g/mol. The van der Waals surface area contributed by atoms with Crippen molar-refractivity contribution in [1.29, 1.82) is 0 Å². The molecule has 0 saturated carbocycles. The normalized spacial score (nSPS) is 18.6. The first-order valence-corrected chi connectivity index (χ1v) is 9.46. The Labute approximate surface area is 149 Å². The minimum Gasteiger partial charge on any atom is -0.339 e. The van der Waals surface area contributed by atoms with E-state index in [9.17, 15) is 4.79 Å². The number of halogens is 2. The maximum absolute atomic E-state index is 12.5. The number of hydrogen-bond acceptors (Lipinski definition) is 4. The summed E-state index contributed by atoms with van der Waals surface area (Å²) in [4.78, 5) is 14.5. The van der Waals surface area contributed by atoms with Gasteiger partial charge in [-0.25, -0.2) is 0 Å². The molecular weight excluding hydrogens is 355 g/mol. The molecule has 124 valence electrons. The number of amides is 1. The molecule has 1 aliphatic heterocycles. The highest BCUT2D eigenvalue weighted by atomic mass is 35.5. The summed E-state index contributed by atoms with van der Waals surface area (Å²) in [6, 6.07) is 2.00. The van der Waals surface area contributed by atoms with Crippen LogP contribution in [0.1, 0.15) is 32.6 Å². The van der Waals surface area contributed by atoms with Crippen molar-refractivity contribution in [3.05, 3.63) is 22.3 Å². The summed E-state index contributed by atoms with van der Waals surface area (Å²) in [5, 5.41) is 9.76. The number of thioether (sulfide) groups is 1. The zero-order chi connectivity index (χ0) is 16.4. The summed E-state index contributed by atoms with van der Waals surface area (Å²) in [6.07, 6.45) is 6.13. The maximum Gasteiger partial charge on any atom is 0.233 e. The number of piperidine rings is 1. The topological polar surface area (TPSA) is 50.5 Å². The third kappa shape index (κ3) is 3.59. The van der Waals surface area contributed by atoms with Gasteiger partial charge in [-0.15, -0.1) is 10.2 Å². The second-order valence-corrected chi connectivity index (χ2v) is 7.40. The number of carbonyl (C=O) groups is 1. The lowest BCUT2D eigenvalue weighted by molar-refractivity contribution is -0.132. The molecule has 0 spiro atoms. The largest absolute Gasteiger partial charge is 0.339 e. The molecule has 0 unspecified atom stereocenters. The number of likely N-dealkylation sites (tertiary alicyclic amines) is 1. The molecule has 3 rings (SSSR count). The van der Waals surface area contributed by atoms with Crippen LogP contribution in [0.25, 0.3) is 5.65 Å². The van der Waals surface area contributed by atoms with Crippen LogP contribution in [-0.4, -0.2) is 43.7 Å². The van der Waals surface area contributed by atoms with E-state index in [1.807, 2.05) is 4.90 Å². The van der Waals surface area contributed by atoms with Crippen molar-refractivity contribution in [2.45, 2.75) is 43.8 Å². The number of nitrogens with zero attached hydrogens (tertiary/aromatic N) is 4. The van der Waals surface area contributed by atoms with Gasteiger partial charge in [0, 0.05) is 18.8 Å². The maximum atomic E-state index is 12.5. The van der Waals surface area contributed by atoms with E-state index in [-0.39, 0.29) is 5.91 Å². The fourth-order valence-corrected chi connectivity index (χ4v) is 4.27. The molecular formula is C15H18Cl2N4OS. The van der Waals surface area contributed by atoms with Crippen LogP contribution in [0.15, 0.2) is 17.4 Å². The first kappa shape index (κ1) is 16.9. The summed E-state index contributed by atoms with van der Waals surface area (Å²) < 4.78 is 1.73. The summed E-state index contributed by atoms with van der Waals surface area (Å²) in [5.41, 5.74) is 0.551. The van der Waals surface area contributed by atoms with Crippen molar-refractivity contribution in [2.75, 3.05) is 12.3 Å². The molecule has 1 saturated heterocycles. The van der Waals surface area contributed by atoms with Crippen molar-refractivity contribution >= 4 is 46.5 Å². The number of hydrogen-bond donors (Lipinski definition) is 0. The van der Waals surface area contributed by atoms with Gasteiger partial charge in [0.25, 0.3) is 0 Å². The van der Waals surface area contributed by atoms with Gasteiger partial charge in [-0.3, -0.25) is 9.20 Å². The quantitative estimate of drug-likeness (QED) is 0.763. The molecule has 2 aromatic heterocycles. The Hall–Kier alpha value is -0.980. The van der Waals surface area contributed by atoms with Crippen LogP contribution in [0.2, 0.25) is 10.0 Å². The van der Waals surface area contributed by atoms with E-state index in [4.69, 9.17) is 23.2 Å². The van der Waals surface area contributed by atoms with E-state index < -0.39 is 0 Å². The van der Waals surface area contributed by atoms with E-state index in [0.29, 0.717) is 32.6 Å². The molecule has 3 heterocycles. The highest BCUT2D eigenvalue weighted by Crippen LogP contribution is 2.26. The molecule has 1 atom stereocenters. The van der Waals surface area contributed by atoms with Gasteiger partial charge >= 0.3 is 0 Å². The Morgan fingerprint density at radius 3 is 3.00 bits per heavy atom.